The first kappa shape index (κ1) is 13.8. The highest BCUT2D eigenvalue weighted by molar-refractivity contribution is 9.10. The standard InChI is InChI=1S/C12H17BrN2O2S/c13-10-3-4-12(11(14)9-10)18(16,17)8-7-15-5-1-2-6-15/h3-4,9H,1-2,5-8,14H2. The van der Waals surface area contributed by atoms with E-state index in [1.165, 1.54) is 12.8 Å². The molecule has 6 heteroatoms. The summed E-state index contributed by atoms with van der Waals surface area (Å²) in [6, 6.07) is 4.90. The highest BCUT2D eigenvalue weighted by atomic mass is 79.9. The van der Waals surface area contributed by atoms with Gasteiger partial charge in [-0.05, 0) is 44.1 Å². The van der Waals surface area contributed by atoms with Crippen LogP contribution in [0.25, 0.3) is 0 Å². The molecule has 0 spiro atoms. The first-order valence-electron chi connectivity index (χ1n) is 5.99. The van der Waals surface area contributed by atoms with Crippen LogP contribution in [0.15, 0.2) is 27.6 Å². The Kier molecular flexibility index (Phi) is 4.29. The fourth-order valence-corrected chi connectivity index (χ4v) is 3.96. The number of anilines is 1. The summed E-state index contributed by atoms with van der Waals surface area (Å²) in [6.07, 6.45) is 2.33. The van der Waals surface area contributed by atoms with E-state index in [2.05, 4.69) is 20.8 Å². The Morgan fingerprint density at radius 2 is 1.94 bits per heavy atom. The van der Waals surface area contributed by atoms with E-state index < -0.39 is 9.84 Å². The van der Waals surface area contributed by atoms with E-state index in [0.29, 0.717) is 12.2 Å². The first-order chi connectivity index (χ1) is 8.49. The van der Waals surface area contributed by atoms with E-state index in [-0.39, 0.29) is 10.6 Å². The lowest BCUT2D eigenvalue weighted by molar-refractivity contribution is 0.359. The van der Waals surface area contributed by atoms with E-state index >= 15 is 0 Å². The monoisotopic (exact) mass is 332 g/mol. The summed E-state index contributed by atoms with van der Waals surface area (Å²) in [7, 11) is -3.28. The van der Waals surface area contributed by atoms with Crippen molar-refractivity contribution in [1.82, 2.24) is 4.90 Å². The molecule has 1 saturated heterocycles. The van der Waals surface area contributed by atoms with Crippen LogP contribution in [0.3, 0.4) is 0 Å². The van der Waals surface area contributed by atoms with Gasteiger partial charge in [0, 0.05) is 11.0 Å². The molecule has 0 bridgehead atoms. The molecule has 0 saturated carbocycles. The maximum Gasteiger partial charge on any atom is 0.181 e. The van der Waals surface area contributed by atoms with E-state index in [1.54, 1.807) is 18.2 Å². The largest absolute Gasteiger partial charge is 0.398 e. The van der Waals surface area contributed by atoms with Crippen LogP contribution < -0.4 is 5.73 Å². The van der Waals surface area contributed by atoms with Crippen molar-refractivity contribution in [2.75, 3.05) is 31.1 Å². The molecule has 0 aliphatic carbocycles. The van der Waals surface area contributed by atoms with Crippen molar-refractivity contribution in [1.29, 1.82) is 0 Å². The minimum absolute atomic E-state index is 0.138. The topological polar surface area (TPSA) is 63.4 Å². The summed E-state index contributed by atoms with van der Waals surface area (Å²) < 4.78 is 25.2. The predicted molar refractivity (Wildman–Crippen MR) is 76.3 cm³/mol. The van der Waals surface area contributed by atoms with Crippen molar-refractivity contribution >= 4 is 31.5 Å². The predicted octanol–water partition coefficient (Wildman–Crippen LogP) is 1.90. The number of nitrogens with two attached hydrogens (primary N) is 1. The summed E-state index contributed by atoms with van der Waals surface area (Å²) in [5.41, 5.74) is 6.08. The highest BCUT2D eigenvalue weighted by Crippen LogP contribution is 2.24. The lowest BCUT2D eigenvalue weighted by atomic mass is 10.3. The maximum atomic E-state index is 12.2. The molecule has 1 fully saturated rings. The molecule has 1 aromatic carbocycles. The normalized spacial score (nSPS) is 17.2. The summed E-state index contributed by atoms with van der Waals surface area (Å²) >= 11 is 3.27. The molecular formula is C12H17BrN2O2S. The van der Waals surface area contributed by atoms with E-state index in [0.717, 1.165) is 17.6 Å². The molecule has 0 unspecified atom stereocenters. The van der Waals surface area contributed by atoms with Crippen LogP contribution in [-0.2, 0) is 9.84 Å². The third-order valence-electron chi connectivity index (χ3n) is 3.18. The molecule has 0 atom stereocenters. The Hall–Kier alpha value is -0.590. The number of benzene rings is 1. The molecule has 0 aromatic heterocycles. The lowest BCUT2D eigenvalue weighted by Gasteiger charge is -2.15. The van der Waals surface area contributed by atoms with Gasteiger partial charge < -0.3 is 10.6 Å². The lowest BCUT2D eigenvalue weighted by Crippen LogP contribution is -2.26. The van der Waals surface area contributed by atoms with Crippen LogP contribution in [0.2, 0.25) is 0 Å². The molecule has 18 heavy (non-hydrogen) atoms. The molecule has 1 aromatic rings. The van der Waals surface area contributed by atoms with Crippen LogP contribution >= 0.6 is 15.9 Å². The van der Waals surface area contributed by atoms with Crippen molar-refractivity contribution in [3.8, 4) is 0 Å². The molecular weight excluding hydrogens is 316 g/mol. The van der Waals surface area contributed by atoms with E-state index in [4.69, 9.17) is 5.73 Å². The van der Waals surface area contributed by atoms with Gasteiger partial charge in [0.1, 0.15) is 0 Å². The van der Waals surface area contributed by atoms with Crippen LogP contribution in [-0.4, -0.2) is 38.7 Å². The van der Waals surface area contributed by atoms with E-state index in [9.17, 15) is 8.42 Å². The zero-order valence-electron chi connectivity index (χ0n) is 10.1. The van der Waals surface area contributed by atoms with Crippen LogP contribution in [0.5, 0.6) is 0 Å². The average Bonchev–Trinajstić information content (AvgIpc) is 2.78. The van der Waals surface area contributed by atoms with Crippen molar-refractivity contribution in [2.24, 2.45) is 0 Å². The van der Waals surface area contributed by atoms with Crippen molar-refractivity contribution in [3.05, 3.63) is 22.7 Å². The molecule has 1 aliphatic rings. The molecule has 0 radical (unpaired) electrons. The Bertz CT molecular complexity index is 525. The molecule has 100 valence electrons. The summed E-state index contributed by atoms with van der Waals surface area (Å²) in [5.74, 6) is 0.138. The molecule has 1 aliphatic heterocycles. The van der Waals surface area contributed by atoms with Gasteiger partial charge in [0.25, 0.3) is 0 Å². The second kappa shape index (κ2) is 5.59. The van der Waals surface area contributed by atoms with Gasteiger partial charge in [-0.3, -0.25) is 0 Å². The second-order valence-corrected chi connectivity index (χ2v) is 7.54. The third-order valence-corrected chi connectivity index (χ3v) is 5.44. The fraction of sp³-hybridized carbons (Fsp3) is 0.500. The third kappa shape index (κ3) is 3.24. The van der Waals surface area contributed by atoms with Crippen molar-refractivity contribution in [2.45, 2.75) is 17.7 Å². The number of rotatable bonds is 4. The smallest absolute Gasteiger partial charge is 0.181 e. The SMILES string of the molecule is Nc1cc(Br)ccc1S(=O)(=O)CCN1CCCC1. The molecule has 4 nitrogen and oxygen atoms in total. The maximum absolute atomic E-state index is 12.2. The van der Waals surface area contributed by atoms with Crippen LogP contribution in [0.1, 0.15) is 12.8 Å². The summed E-state index contributed by atoms with van der Waals surface area (Å²) in [4.78, 5) is 2.43. The van der Waals surface area contributed by atoms with Crippen LogP contribution in [0, 0.1) is 0 Å². The van der Waals surface area contributed by atoms with Gasteiger partial charge in [-0.15, -0.1) is 0 Å². The number of sulfone groups is 1. The summed E-state index contributed by atoms with van der Waals surface area (Å²) in [5, 5.41) is 0. The number of likely N-dealkylation sites (tertiary alicyclic amines) is 1. The average molecular weight is 333 g/mol. The minimum Gasteiger partial charge on any atom is -0.398 e. The molecule has 1 heterocycles. The zero-order valence-corrected chi connectivity index (χ0v) is 12.5. The number of hydrogen-bond acceptors (Lipinski definition) is 4. The van der Waals surface area contributed by atoms with Gasteiger partial charge in [0.15, 0.2) is 9.84 Å². The summed E-state index contributed by atoms with van der Waals surface area (Å²) in [6.45, 7) is 2.61. The molecule has 2 N–H and O–H groups in total. The van der Waals surface area contributed by atoms with Gasteiger partial charge in [0.05, 0.1) is 16.3 Å². The number of halogens is 1. The Morgan fingerprint density at radius 3 is 2.56 bits per heavy atom. The van der Waals surface area contributed by atoms with Gasteiger partial charge >= 0.3 is 0 Å². The van der Waals surface area contributed by atoms with E-state index in [1.807, 2.05) is 0 Å². The number of nitrogen functional groups attached to an aromatic ring is 1. The quantitative estimate of drug-likeness (QED) is 0.855. The second-order valence-electron chi connectivity index (χ2n) is 4.55. The number of hydrogen-bond donors (Lipinski definition) is 1. The van der Waals surface area contributed by atoms with Crippen molar-refractivity contribution < 1.29 is 8.42 Å². The van der Waals surface area contributed by atoms with Gasteiger partial charge in [-0.1, -0.05) is 15.9 Å². The Labute approximate surface area is 116 Å². The highest BCUT2D eigenvalue weighted by Gasteiger charge is 2.20. The molecule has 0 amide bonds. The van der Waals surface area contributed by atoms with Gasteiger partial charge in [-0.2, -0.15) is 0 Å². The zero-order chi connectivity index (χ0) is 13.2. The number of nitrogens with zero attached hydrogens (tertiary/aromatic N) is 1. The van der Waals surface area contributed by atoms with Gasteiger partial charge in [-0.25, -0.2) is 8.42 Å². The van der Waals surface area contributed by atoms with Crippen molar-refractivity contribution in [3.63, 3.8) is 0 Å². The first-order valence-corrected chi connectivity index (χ1v) is 8.44. The fourth-order valence-electron chi connectivity index (χ4n) is 2.17. The molecule has 2 rings (SSSR count). The van der Waals surface area contributed by atoms with Crippen LogP contribution in [0.4, 0.5) is 5.69 Å². The Balaban J connectivity index is 2.09. The minimum atomic E-state index is -3.28. The van der Waals surface area contributed by atoms with Gasteiger partial charge in [0.2, 0.25) is 0 Å². The Morgan fingerprint density at radius 1 is 1.28 bits per heavy atom.